The van der Waals surface area contributed by atoms with E-state index < -0.39 is 18.3 Å². The number of benzene rings is 2. The largest absolute Gasteiger partial charge is 0.481 e. The zero-order chi connectivity index (χ0) is 20.8. The highest BCUT2D eigenvalue weighted by Crippen LogP contribution is 2.22. The molecule has 2 aromatic rings. The predicted octanol–water partition coefficient (Wildman–Crippen LogP) is 2.79. The minimum atomic E-state index is -3.03. The Morgan fingerprint density at radius 2 is 1.48 bits per heavy atom. The lowest BCUT2D eigenvalue weighted by atomic mass is 10.1. The number of hydrogen-bond donors (Lipinski definition) is 0. The third kappa shape index (κ3) is 5.18. The first-order valence-corrected chi connectivity index (χ1v) is 8.94. The molecular formula is C20H19F3N2O4. The van der Waals surface area contributed by atoms with Crippen molar-refractivity contribution in [2.45, 2.75) is 6.61 Å². The summed E-state index contributed by atoms with van der Waals surface area (Å²) >= 11 is 0. The van der Waals surface area contributed by atoms with E-state index in [4.69, 9.17) is 4.74 Å². The van der Waals surface area contributed by atoms with E-state index in [9.17, 15) is 22.8 Å². The molecule has 0 saturated carbocycles. The summed E-state index contributed by atoms with van der Waals surface area (Å²) in [6, 6.07) is 11.6. The molecule has 0 bridgehead atoms. The fourth-order valence-electron chi connectivity index (χ4n) is 2.96. The molecule has 1 aliphatic rings. The number of nitrogens with zero attached hydrogens (tertiary/aromatic N) is 2. The third-order valence-corrected chi connectivity index (χ3v) is 4.44. The highest BCUT2D eigenvalue weighted by molar-refractivity contribution is 5.97. The van der Waals surface area contributed by atoms with Crippen LogP contribution < -0.4 is 9.47 Å². The van der Waals surface area contributed by atoms with Gasteiger partial charge in [-0.2, -0.15) is 8.78 Å². The van der Waals surface area contributed by atoms with Gasteiger partial charge in [-0.1, -0.05) is 24.3 Å². The van der Waals surface area contributed by atoms with Gasteiger partial charge in [-0.15, -0.1) is 0 Å². The molecule has 0 aliphatic carbocycles. The third-order valence-electron chi connectivity index (χ3n) is 4.44. The summed E-state index contributed by atoms with van der Waals surface area (Å²) in [4.78, 5) is 27.9. The Kier molecular flexibility index (Phi) is 6.58. The van der Waals surface area contributed by atoms with Gasteiger partial charge in [0.15, 0.2) is 18.2 Å². The quantitative estimate of drug-likeness (QED) is 0.738. The van der Waals surface area contributed by atoms with Crippen LogP contribution >= 0.6 is 0 Å². The average Bonchev–Trinajstić information content (AvgIpc) is 2.72. The van der Waals surface area contributed by atoms with Crippen molar-refractivity contribution in [2.24, 2.45) is 0 Å². The van der Waals surface area contributed by atoms with Crippen LogP contribution in [0.3, 0.4) is 0 Å². The van der Waals surface area contributed by atoms with E-state index in [0.29, 0.717) is 0 Å². The van der Waals surface area contributed by atoms with Crippen molar-refractivity contribution in [3.8, 4) is 11.5 Å². The normalized spacial score (nSPS) is 14.1. The molecule has 0 N–H and O–H groups in total. The Bertz CT molecular complexity index is 870. The summed E-state index contributed by atoms with van der Waals surface area (Å²) in [5, 5.41) is 0. The van der Waals surface area contributed by atoms with E-state index in [1.165, 1.54) is 46.2 Å². The zero-order valence-electron chi connectivity index (χ0n) is 15.4. The molecule has 29 heavy (non-hydrogen) atoms. The van der Waals surface area contributed by atoms with Crippen molar-refractivity contribution >= 4 is 11.8 Å². The molecule has 2 amide bonds. The Morgan fingerprint density at radius 1 is 0.897 bits per heavy atom. The van der Waals surface area contributed by atoms with Crippen LogP contribution in [-0.4, -0.2) is 61.0 Å². The van der Waals surface area contributed by atoms with E-state index >= 15 is 0 Å². The van der Waals surface area contributed by atoms with Crippen LogP contribution in [0, 0.1) is 5.82 Å². The first-order valence-electron chi connectivity index (χ1n) is 8.94. The van der Waals surface area contributed by atoms with Crippen LogP contribution in [0.15, 0.2) is 48.5 Å². The number of amides is 2. The second-order valence-electron chi connectivity index (χ2n) is 6.27. The maximum Gasteiger partial charge on any atom is 0.387 e. The summed E-state index contributed by atoms with van der Waals surface area (Å²) < 4.78 is 48.2. The molecule has 0 aromatic heterocycles. The van der Waals surface area contributed by atoms with E-state index in [2.05, 4.69) is 4.74 Å². The Labute approximate surface area is 165 Å². The first kappa shape index (κ1) is 20.5. The molecule has 154 valence electrons. The number of piperazine rings is 1. The van der Waals surface area contributed by atoms with Gasteiger partial charge >= 0.3 is 6.61 Å². The van der Waals surface area contributed by atoms with E-state index in [0.717, 1.165) is 0 Å². The van der Waals surface area contributed by atoms with Crippen LogP contribution in [0.5, 0.6) is 11.5 Å². The topological polar surface area (TPSA) is 59.1 Å². The fourth-order valence-corrected chi connectivity index (χ4v) is 2.96. The monoisotopic (exact) mass is 408 g/mol. The predicted molar refractivity (Wildman–Crippen MR) is 97.5 cm³/mol. The van der Waals surface area contributed by atoms with Gasteiger partial charge in [-0.25, -0.2) is 4.39 Å². The molecule has 9 heteroatoms. The summed E-state index contributed by atoms with van der Waals surface area (Å²) in [5.41, 5.74) is 0.0375. The average molecular weight is 408 g/mol. The fraction of sp³-hybridized carbons (Fsp3) is 0.300. The maximum atomic E-state index is 13.5. The van der Waals surface area contributed by atoms with Crippen molar-refractivity contribution in [2.75, 3.05) is 32.8 Å². The minimum Gasteiger partial charge on any atom is -0.481 e. The standard InChI is InChI=1S/C20H19F3N2O4/c21-15-6-2-4-8-17(15)28-13-18(26)24-9-11-25(12-10-24)19(27)14-5-1-3-7-16(14)29-20(22)23/h1-8,20H,9-13H2. The van der Waals surface area contributed by atoms with Crippen molar-refractivity contribution in [1.82, 2.24) is 9.80 Å². The summed E-state index contributed by atoms with van der Waals surface area (Å²) in [6.45, 7) is -2.39. The highest BCUT2D eigenvalue weighted by Gasteiger charge is 2.27. The van der Waals surface area contributed by atoms with Crippen molar-refractivity contribution < 1.29 is 32.2 Å². The molecule has 1 heterocycles. The number of carbonyl (C=O) groups excluding carboxylic acids is 2. The molecule has 3 rings (SSSR count). The molecule has 0 atom stereocenters. The Hall–Kier alpha value is -3.23. The Morgan fingerprint density at radius 3 is 2.14 bits per heavy atom. The SMILES string of the molecule is O=C(COc1ccccc1F)N1CCN(C(=O)c2ccccc2OC(F)F)CC1. The molecule has 0 unspecified atom stereocenters. The van der Waals surface area contributed by atoms with Gasteiger partial charge in [0, 0.05) is 26.2 Å². The first-order chi connectivity index (χ1) is 14.0. The van der Waals surface area contributed by atoms with E-state index in [-0.39, 0.29) is 55.8 Å². The number of rotatable bonds is 6. The molecule has 0 spiro atoms. The van der Waals surface area contributed by atoms with Crippen LogP contribution in [-0.2, 0) is 4.79 Å². The van der Waals surface area contributed by atoms with Crippen LogP contribution in [0.4, 0.5) is 13.2 Å². The van der Waals surface area contributed by atoms with Gasteiger partial charge in [0.05, 0.1) is 5.56 Å². The summed E-state index contributed by atoms with van der Waals surface area (Å²) in [7, 11) is 0. The lowest BCUT2D eigenvalue weighted by molar-refractivity contribution is -0.134. The lowest BCUT2D eigenvalue weighted by Gasteiger charge is -2.35. The summed E-state index contributed by atoms with van der Waals surface area (Å²) in [6.07, 6.45) is 0. The highest BCUT2D eigenvalue weighted by atomic mass is 19.3. The maximum absolute atomic E-state index is 13.5. The number of para-hydroxylation sites is 2. The molecule has 1 saturated heterocycles. The van der Waals surface area contributed by atoms with Gasteiger partial charge in [-0.05, 0) is 24.3 Å². The Balaban J connectivity index is 1.54. The zero-order valence-corrected chi connectivity index (χ0v) is 15.4. The van der Waals surface area contributed by atoms with Crippen LogP contribution in [0.2, 0.25) is 0 Å². The summed E-state index contributed by atoms with van der Waals surface area (Å²) in [5.74, 6) is -1.53. The van der Waals surface area contributed by atoms with Crippen molar-refractivity contribution in [3.05, 3.63) is 59.9 Å². The second-order valence-corrected chi connectivity index (χ2v) is 6.27. The van der Waals surface area contributed by atoms with Gasteiger partial charge in [0.2, 0.25) is 0 Å². The molecule has 6 nitrogen and oxygen atoms in total. The van der Waals surface area contributed by atoms with Gasteiger partial charge in [-0.3, -0.25) is 9.59 Å². The number of carbonyl (C=O) groups is 2. The van der Waals surface area contributed by atoms with Crippen molar-refractivity contribution in [3.63, 3.8) is 0 Å². The molecule has 1 aliphatic heterocycles. The smallest absolute Gasteiger partial charge is 0.387 e. The van der Waals surface area contributed by atoms with Crippen molar-refractivity contribution in [1.29, 1.82) is 0 Å². The molecule has 0 radical (unpaired) electrons. The number of halogens is 3. The van der Waals surface area contributed by atoms with Crippen LogP contribution in [0.25, 0.3) is 0 Å². The minimum absolute atomic E-state index is 0.00898. The van der Waals surface area contributed by atoms with E-state index in [1.54, 1.807) is 12.1 Å². The number of ether oxygens (including phenoxy) is 2. The second kappa shape index (κ2) is 9.31. The van der Waals surface area contributed by atoms with Gasteiger partial charge < -0.3 is 19.3 Å². The molecular weight excluding hydrogens is 389 g/mol. The van der Waals surface area contributed by atoms with Gasteiger partial charge in [0.25, 0.3) is 11.8 Å². The number of hydrogen-bond acceptors (Lipinski definition) is 4. The van der Waals surface area contributed by atoms with E-state index in [1.807, 2.05) is 0 Å². The lowest BCUT2D eigenvalue weighted by Crippen LogP contribution is -2.51. The molecule has 2 aromatic carbocycles. The van der Waals surface area contributed by atoms with Crippen LogP contribution in [0.1, 0.15) is 10.4 Å². The molecule has 1 fully saturated rings. The van der Waals surface area contributed by atoms with Gasteiger partial charge in [0.1, 0.15) is 5.75 Å². The number of alkyl halides is 2.